The van der Waals surface area contributed by atoms with E-state index in [4.69, 9.17) is 14.5 Å². The minimum atomic E-state index is -0.523. The third-order valence-electron chi connectivity index (χ3n) is 7.59. The second kappa shape index (κ2) is 6.38. The van der Waals surface area contributed by atoms with E-state index >= 15 is 0 Å². The fraction of sp³-hybridized carbons (Fsp3) is 0.714. The SMILES string of the molecule is COC1(c2cccc(P=O)c2)CCOOC1C12CC3CC(CC(C3)C1)C2. The smallest absolute Gasteiger partial charge is 0.192 e. The van der Waals surface area contributed by atoms with Crippen molar-refractivity contribution in [3.8, 4) is 0 Å². The maximum atomic E-state index is 11.4. The van der Waals surface area contributed by atoms with Gasteiger partial charge in [-0.1, -0.05) is 12.1 Å². The van der Waals surface area contributed by atoms with E-state index in [2.05, 4.69) is 6.07 Å². The van der Waals surface area contributed by atoms with Crippen molar-refractivity contribution >= 4 is 13.8 Å². The minimum Gasteiger partial charge on any atom is -0.371 e. The molecule has 0 amide bonds. The van der Waals surface area contributed by atoms with Crippen LogP contribution in [0.5, 0.6) is 0 Å². The van der Waals surface area contributed by atoms with Crippen LogP contribution in [0.1, 0.15) is 50.5 Å². The molecule has 1 aliphatic heterocycles. The lowest BCUT2D eigenvalue weighted by atomic mass is 9.46. The maximum absolute atomic E-state index is 11.4. The van der Waals surface area contributed by atoms with Gasteiger partial charge in [0.1, 0.15) is 11.7 Å². The highest BCUT2D eigenvalue weighted by Gasteiger charge is 2.62. The Labute approximate surface area is 156 Å². The van der Waals surface area contributed by atoms with E-state index in [0.717, 1.165) is 35.0 Å². The fourth-order valence-electron chi connectivity index (χ4n) is 7.06. The van der Waals surface area contributed by atoms with Crippen LogP contribution in [0.3, 0.4) is 0 Å². The molecule has 140 valence electrons. The van der Waals surface area contributed by atoms with E-state index in [1.807, 2.05) is 18.2 Å². The van der Waals surface area contributed by atoms with Gasteiger partial charge in [0.15, 0.2) is 8.46 Å². The van der Waals surface area contributed by atoms with Crippen molar-refractivity contribution in [1.82, 2.24) is 0 Å². The topological polar surface area (TPSA) is 44.8 Å². The quantitative estimate of drug-likeness (QED) is 0.579. The van der Waals surface area contributed by atoms with Gasteiger partial charge >= 0.3 is 0 Å². The van der Waals surface area contributed by atoms with Crippen molar-refractivity contribution in [1.29, 1.82) is 0 Å². The highest BCUT2D eigenvalue weighted by molar-refractivity contribution is 7.34. The van der Waals surface area contributed by atoms with Crippen LogP contribution in [0.15, 0.2) is 24.3 Å². The molecule has 5 heteroatoms. The standard InChI is InChI=1S/C21H27O4P/c1-23-21(17-3-2-4-18(10-17)26-22)5-6-24-25-19(21)20-11-14-7-15(12-20)9-16(8-14)13-20/h2-4,10,14-16,19H,5-9,11-13H2,1H3. The van der Waals surface area contributed by atoms with Gasteiger partial charge in [-0.25, -0.2) is 9.78 Å². The van der Waals surface area contributed by atoms with Crippen LogP contribution < -0.4 is 5.30 Å². The predicted molar refractivity (Wildman–Crippen MR) is 98.4 cm³/mol. The lowest BCUT2D eigenvalue weighted by molar-refractivity contribution is -0.420. The molecule has 6 rings (SSSR count). The summed E-state index contributed by atoms with van der Waals surface area (Å²) in [5.41, 5.74) is 0.700. The maximum Gasteiger partial charge on any atom is 0.192 e. The van der Waals surface area contributed by atoms with Crippen molar-refractivity contribution in [2.75, 3.05) is 13.7 Å². The molecular weight excluding hydrogens is 347 g/mol. The molecule has 5 fully saturated rings. The fourth-order valence-corrected chi connectivity index (χ4v) is 7.40. The number of benzene rings is 1. The van der Waals surface area contributed by atoms with Crippen LogP contribution in [-0.2, 0) is 24.7 Å². The van der Waals surface area contributed by atoms with Gasteiger partial charge in [-0.3, -0.25) is 4.57 Å². The molecule has 4 nitrogen and oxygen atoms in total. The van der Waals surface area contributed by atoms with Crippen molar-refractivity contribution in [2.45, 2.75) is 56.7 Å². The van der Waals surface area contributed by atoms with Crippen LogP contribution in [0.25, 0.3) is 0 Å². The molecule has 4 aliphatic carbocycles. The lowest BCUT2D eigenvalue weighted by Crippen LogP contribution is -2.61. The Hall–Kier alpha value is -0.800. The average molecular weight is 374 g/mol. The average Bonchev–Trinajstić information content (AvgIpc) is 2.67. The summed E-state index contributed by atoms with van der Waals surface area (Å²) in [7, 11) is 1.84. The predicted octanol–water partition coefficient (Wildman–Crippen LogP) is 4.38. The molecule has 0 spiro atoms. The van der Waals surface area contributed by atoms with Crippen molar-refractivity contribution < 1.29 is 19.1 Å². The van der Waals surface area contributed by atoms with Gasteiger partial charge in [-0.2, -0.15) is 0 Å². The Bertz CT molecular complexity index is 670. The van der Waals surface area contributed by atoms with Gasteiger partial charge in [-0.05, 0) is 74.0 Å². The summed E-state index contributed by atoms with van der Waals surface area (Å²) in [4.78, 5) is 11.7. The Balaban J connectivity index is 1.58. The van der Waals surface area contributed by atoms with Gasteiger partial charge in [-0.15, -0.1) is 0 Å². The first kappa shape index (κ1) is 17.3. The van der Waals surface area contributed by atoms with Crippen LogP contribution >= 0.6 is 8.46 Å². The highest BCUT2D eigenvalue weighted by atomic mass is 31.1. The van der Waals surface area contributed by atoms with Crippen molar-refractivity contribution in [3.05, 3.63) is 29.8 Å². The molecule has 0 N–H and O–H groups in total. The van der Waals surface area contributed by atoms with Crippen LogP contribution in [0.2, 0.25) is 0 Å². The first-order valence-corrected chi connectivity index (χ1v) is 10.8. The molecule has 4 saturated carbocycles. The van der Waals surface area contributed by atoms with Gasteiger partial charge in [0.05, 0.1) is 6.61 Å². The second-order valence-electron chi connectivity index (χ2n) is 9.06. The molecule has 1 aromatic rings. The number of hydrogen-bond acceptors (Lipinski definition) is 4. The molecule has 5 aliphatic rings. The summed E-state index contributed by atoms with van der Waals surface area (Å²) >= 11 is 0. The van der Waals surface area contributed by atoms with Crippen LogP contribution in [-0.4, -0.2) is 19.8 Å². The summed E-state index contributed by atoms with van der Waals surface area (Å²) in [6, 6.07) is 7.98. The molecule has 2 unspecified atom stereocenters. The summed E-state index contributed by atoms with van der Waals surface area (Å²) < 4.78 is 17.7. The van der Waals surface area contributed by atoms with E-state index in [1.54, 1.807) is 7.11 Å². The Kier molecular flexibility index (Phi) is 4.24. The summed E-state index contributed by atoms with van der Waals surface area (Å²) in [5.74, 6) is 2.52. The van der Waals surface area contributed by atoms with Crippen LogP contribution in [0, 0.1) is 23.2 Å². The van der Waals surface area contributed by atoms with Crippen molar-refractivity contribution in [3.63, 3.8) is 0 Å². The Morgan fingerprint density at radius 3 is 2.42 bits per heavy atom. The summed E-state index contributed by atoms with van der Waals surface area (Å²) in [6.45, 7) is 0.524. The molecule has 1 heterocycles. The number of methoxy groups -OCH3 is 1. The second-order valence-corrected chi connectivity index (χ2v) is 9.76. The molecule has 1 aromatic carbocycles. The molecule has 26 heavy (non-hydrogen) atoms. The summed E-state index contributed by atoms with van der Waals surface area (Å²) in [6.07, 6.45) is 8.58. The van der Waals surface area contributed by atoms with Gasteiger partial charge in [0, 0.05) is 24.3 Å². The van der Waals surface area contributed by atoms with Crippen LogP contribution in [0.4, 0.5) is 0 Å². The van der Waals surface area contributed by atoms with Gasteiger partial charge in [0.2, 0.25) is 0 Å². The first-order chi connectivity index (χ1) is 12.7. The zero-order valence-electron chi connectivity index (χ0n) is 15.4. The molecular formula is C21H27O4P. The van der Waals surface area contributed by atoms with Gasteiger partial charge in [0.25, 0.3) is 0 Å². The third-order valence-corrected chi connectivity index (χ3v) is 8.08. The Morgan fingerprint density at radius 2 is 1.81 bits per heavy atom. The molecule has 0 radical (unpaired) electrons. The normalized spacial score (nSPS) is 44.5. The largest absolute Gasteiger partial charge is 0.371 e. The minimum absolute atomic E-state index is 0.0455. The number of rotatable bonds is 4. The molecule has 1 saturated heterocycles. The zero-order valence-corrected chi connectivity index (χ0v) is 16.3. The Morgan fingerprint density at radius 1 is 1.12 bits per heavy atom. The van der Waals surface area contributed by atoms with E-state index in [9.17, 15) is 4.57 Å². The number of hydrogen-bond donors (Lipinski definition) is 0. The lowest BCUT2D eigenvalue weighted by Gasteiger charge is -2.62. The summed E-state index contributed by atoms with van der Waals surface area (Å²) in [5, 5.41) is 0.787. The third kappa shape index (κ3) is 2.53. The van der Waals surface area contributed by atoms with E-state index in [0.29, 0.717) is 6.61 Å². The highest BCUT2D eigenvalue weighted by Crippen LogP contribution is 2.64. The van der Waals surface area contributed by atoms with Gasteiger partial charge < -0.3 is 4.74 Å². The van der Waals surface area contributed by atoms with E-state index in [1.165, 1.54) is 38.5 Å². The zero-order chi connectivity index (χ0) is 17.8. The first-order valence-electron chi connectivity index (χ1n) is 9.95. The molecule has 0 aromatic heterocycles. The number of ether oxygens (including phenoxy) is 1. The van der Waals surface area contributed by atoms with E-state index < -0.39 is 5.60 Å². The van der Waals surface area contributed by atoms with Crippen molar-refractivity contribution in [2.24, 2.45) is 23.2 Å². The molecule has 4 bridgehead atoms. The molecule has 2 atom stereocenters. The monoisotopic (exact) mass is 374 g/mol. The van der Waals surface area contributed by atoms with E-state index in [-0.39, 0.29) is 20.0 Å².